The monoisotopic (exact) mass is 599 g/mol. The Bertz CT molecular complexity index is 2500. The number of rotatable bonds is 4. The molecule has 3 aromatic heterocycles. The van der Waals surface area contributed by atoms with Crippen LogP contribution < -0.4 is 0 Å². The molecule has 9 aromatic rings. The van der Waals surface area contributed by atoms with E-state index in [1.54, 1.807) is 0 Å². The molecule has 6 aromatic carbocycles. The molecule has 0 fully saturated rings. The molecule has 212 valence electrons. The molecule has 0 saturated carbocycles. The lowest BCUT2D eigenvalue weighted by Crippen LogP contribution is -2.00. The van der Waals surface area contributed by atoms with E-state index in [1.807, 2.05) is 109 Å². The van der Waals surface area contributed by atoms with E-state index in [0.29, 0.717) is 22.5 Å². The number of aromatic nitrogens is 3. The van der Waals surface area contributed by atoms with Gasteiger partial charge in [0.25, 0.3) is 0 Å². The summed E-state index contributed by atoms with van der Waals surface area (Å²) in [5.74, 6) is 1.80. The van der Waals surface area contributed by atoms with Crippen LogP contribution in [0.15, 0.2) is 142 Å². The lowest BCUT2D eigenvalue weighted by molar-refractivity contribution is 0.668. The summed E-state index contributed by atoms with van der Waals surface area (Å²) in [4.78, 5) is 14.9. The van der Waals surface area contributed by atoms with Crippen LogP contribution in [-0.2, 0) is 0 Å². The van der Waals surface area contributed by atoms with Crippen molar-refractivity contribution in [3.05, 3.63) is 138 Å². The standard InChI is InChI=1S/C39H22ClN3O2/c40-29-19-10-22-32-35(29)34-25(15-8-21-31(34)44-32)26-16-7-17-27-33-28(18-9-20-30(33)45-36(26)27)39-42-37(23-11-3-1-4-12-23)41-38(43-39)24-13-5-2-6-14-24/h1-22H. The van der Waals surface area contributed by atoms with E-state index in [1.165, 1.54) is 0 Å². The molecule has 0 radical (unpaired) electrons. The number of benzene rings is 6. The van der Waals surface area contributed by atoms with Gasteiger partial charge in [-0.25, -0.2) is 15.0 Å². The van der Waals surface area contributed by atoms with Crippen molar-refractivity contribution in [3.63, 3.8) is 0 Å². The molecule has 0 saturated heterocycles. The number of hydrogen-bond acceptors (Lipinski definition) is 5. The molecule has 5 nitrogen and oxygen atoms in total. The van der Waals surface area contributed by atoms with Crippen LogP contribution in [0.4, 0.5) is 0 Å². The van der Waals surface area contributed by atoms with E-state index in [0.717, 1.165) is 71.7 Å². The highest BCUT2D eigenvalue weighted by atomic mass is 35.5. The maximum absolute atomic E-state index is 6.72. The third kappa shape index (κ3) is 4.13. The Labute approximate surface area is 262 Å². The topological polar surface area (TPSA) is 65.0 Å². The molecule has 45 heavy (non-hydrogen) atoms. The minimum atomic E-state index is 0.580. The van der Waals surface area contributed by atoms with Gasteiger partial charge in [-0.05, 0) is 29.8 Å². The van der Waals surface area contributed by atoms with Crippen LogP contribution in [0.3, 0.4) is 0 Å². The first-order chi connectivity index (χ1) is 22.2. The van der Waals surface area contributed by atoms with Gasteiger partial charge in [-0.2, -0.15) is 0 Å². The summed E-state index contributed by atoms with van der Waals surface area (Å²) in [5, 5.41) is 4.42. The Morgan fingerprint density at radius 2 is 0.933 bits per heavy atom. The van der Waals surface area contributed by atoms with Crippen LogP contribution in [0.5, 0.6) is 0 Å². The van der Waals surface area contributed by atoms with Crippen molar-refractivity contribution in [1.29, 1.82) is 0 Å². The molecular weight excluding hydrogens is 578 g/mol. The largest absolute Gasteiger partial charge is 0.456 e. The van der Waals surface area contributed by atoms with Crippen molar-refractivity contribution in [2.75, 3.05) is 0 Å². The van der Waals surface area contributed by atoms with Crippen molar-refractivity contribution in [3.8, 4) is 45.3 Å². The van der Waals surface area contributed by atoms with Gasteiger partial charge in [0.05, 0.1) is 5.02 Å². The molecule has 0 bridgehead atoms. The van der Waals surface area contributed by atoms with Gasteiger partial charge >= 0.3 is 0 Å². The molecule has 0 N–H and O–H groups in total. The van der Waals surface area contributed by atoms with Gasteiger partial charge in [0.1, 0.15) is 22.3 Å². The zero-order valence-corrected chi connectivity index (χ0v) is 24.5. The van der Waals surface area contributed by atoms with Gasteiger partial charge in [0.2, 0.25) is 0 Å². The number of para-hydroxylation sites is 1. The second-order valence-electron chi connectivity index (χ2n) is 10.9. The molecule has 0 unspecified atom stereocenters. The van der Waals surface area contributed by atoms with Gasteiger partial charge in [-0.1, -0.05) is 121 Å². The minimum Gasteiger partial charge on any atom is -0.456 e. The number of nitrogens with zero attached hydrogens (tertiary/aromatic N) is 3. The van der Waals surface area contributed by atoms with Crippen LogP contribution in [0.25, 0.3) is 89.2 Å². The first-order valence-electron chi connectivity index (χ1n) is 14.6. The van der Waals surface area contributed by atoms with E-state index >= 15 is 0 Å². The molecule has 0 aliphatic heterocycles. The number of furan rings is 2. The second-order valence-corrected chi connectivity index (χ2v) is 11.3. The quantitative estimate of drug-likeness (QED) is 0.201. The Kier molecular flexibility index (Phi) is 5.80. The van der Waals surface area contributed by atoms with Gasteiger partial charge in [-0.3, -0.25) is 0 Å². The maximum atomic E-state index is 6.72. The van der Waals surface area contributed by atoms with Gasteiger partial charge in [0, 0.05) is 43.8 Å². The van der Waals surface area contributed by atoms with Crippen LogP contribution in [0.1, 0.15) is 0 Å². The Hall–Kier alpha value is -5.78. The molecule has 0 aliphatic rings. The number of fused-ring (bicyclic) bond motifs is 6. The van der Waals surface area contributed by atoms with Crippen LogP contribution >= 0.6 is 11.6 Å². The highest BCUT2D eigenvalue weighted by Gasteiger charge is 2.21. The zero-order valence-electron chi connectivity index (χ0n) is 23.7. The molecule has 9 rings (SSSR count). The summed E-state index contributed by atoms with van der Waals surface area (Å²) >= 11 is 6.72. The second kappa shape index (κ2) is 10.2. The predicted octanol–water partition coefficient (Wildman–Crippen LogP) is 11.0. The SMILES string of the molecule is Clc1cccc2oc3cccc(-c4cccc5c4oc4cccc(-c6nc(-c7ccccc7)nc(-c7ccccc7)n6)c45)c3c12. The van der Waals surface area contributed by atoms with Crippen molar-refractivity contribution in [2.24, 2.45) is 0 Å². The first-order valence-corrected chi connectivity index (χ1v) is 15.0. The van der Waals surface area contributed by atoms with Crippen LogP contribution in [0.2, 0.25) is 5.02 Å². The first kappa shape index (κ1) is 25.7. The average molecular weight is 600 g/mol. The average Bonchev–Trinajstić information content (AvgIpc) is 3.68. The number of hydrogen-bond donors (Lipinski definition) is 0. The molecule has 6 heteroatoms. The Morgan fingerprint density at radius 3 is 1.62 bits per heavy atom. The summed E-state index contributed by atoms with van der Waals surface area (Å²) < 4.78 is 12.9. The van der Waals surface area contributed by atoms with Gasteiger partial charge < -0.3 is 8.83 Å². The fraction of sp³-hybridized carbons (Fsp3) is 0. The van der Waals surface area contributed by atoms with E-state index in [4.69, 9.17) is 35.4 Å². The Balaban J connectivity index is 1.31. The lowest BCUT2D eigenvalue weighted by atomic mass is 9.97. The molecule has 0 atom stereocenters. The fourth-order valence-electron chi connectivity index (χ4n) is 6.22. The predicted molar refractivity (Wildman–Crippen MR) is 181 cm³/mol. The lowest BCUT2D eigenvalue weighted by Gasteiger charge is -2.09. The number of halogens is 1. The van der Waals surface area contributed by atoms with Crippen molar-refractivity contribution in [2.45, 2.75) is 0 Å². The molecule has 0 aliphatic carbocycles. The fourth-order valence-corrected chi connectivity index (χ4v) is 6.48. The van der Waals surface area contributed by atoms with Crippen molar-refractivity contribution < 1.29 is 8.83 Å². The Morgan fingerprint density at radius 1 is 0.400 bits per heavy atom. The van der Waals surface area contributed by atoms with E-state index < -0.39 is 0 Å². The minimum absolute atomic E-state index is 0.580. The molecule has 0 amide bonds. The molecule has 3 heterocycles. The third-order valence-electron chi connectivity index (χ3n) is 8.22. The highest BCUT2D eigenvalue weighted by molar-refractivity contribution is 6.38. The smallest absolute Gasteiger partial charge is 0.164 e. The summed E-state index contributed by atoms with van der Waals surface area (Å²) in [5.41, 5.74) is 7.70. The maximum Gasteiger partial charge on any atom is 0.164 e. The molecular formula is C39H22ClN3O2. The zero-order chi connectivity index (χ0) is 29.9. The molecule has 0 spiro atoms. The van der Waals surface area contributed by atoms with Crippen molar-refractivity contribution >= 4 is 55.5 Å². The normalized spacial score (nSPS) is 11.7. The summed E-state index contributed by atoms with van der Waals surface area (Å²) in [6, 6.07) is 44.1. The van der Waals surface area contributed by atoms with E-state index in [2.05, 4.69) is 24.3 Å². The van der Waals surface area contributed by atoms with Gasteiger partial charge in [0.15, 0.2) is 17.5 Å². The van der Waals surface area contributed by atoms with Crippen LogP contribution in [-0.4, -0.2) is 15.0 Å². The third-order valence-corrected chi connectivity index (χ3v) is 8.54. The summed E-state index contributed by atoms with van der Waals surface area (Å²) in [6.45, 7) is 0. The van der Waals surface area contributed by atoms with E-state index in [9.17, 15) is 0 Å². The van der Waals surface area contributed by atoms with Crippen LogP contribution in [0, 0.1) is 0 Å². The van der Waals surface area contributed by atoms with Gasteiger partial charge in [-0.15, -0.1) is 0 Å². The van der Waals surface area contributed by atoms with Crippen molar-refractivity contribution in [1.82, 2.24) is 15.0 Å². The summed E-state index contributed by atoms with van der Waals surface area (Å²) in [6.07, 6.45) is 0. The summed E-state index contributed by atoms with van der Waals surface area (Å²) in [7, 11) is 0. The van der Waals surface area contributed by atoms with E-state index in [-0.39, 0.29) is 0 Å². The highest BCUT2D eigenvalue weighted by Crippen LogP contribution is 2.44.